The van der Waals surface area contributed by atoms with E-state index in [0.717, 1.165) is 16.5 Å². The number of rotatable bonds is 7. The standard InChI is InChI=1S/C23H23NO4/c1-26-20-12-10-18(22(27-2)23(20)28-3)11-13-21(25)24-15-16-8-9-17-6-4-5-7-19(17)14-16/h4-14H,15H2,1-3H3,(H,24,25)/b13-11+. The predicted molar refractivity (Wildman–Crippen MR) is 111 cm³/mol. The van der Waals surface area contributed by atoms with Crippen LogP contribution in [0.25, 0.3) is 16.8 Å². The van der Waals surface area contributed by atoms with Crippen LogP contribution < -0.4 is 19.5 Å². The van der Waals surface area contributed by atoms with E-state index in [-0.39, 0.29) is 5.91 Å². The van der Waals surface area contributed by atoms with Crippen LogP contribution >= 0.6 is 0 Å². The minimum Gasteiger partial charge on any atom is -0.493 e. The van der Waals surface area contributed by atoms with Gasteiger partial charge in [-0.2, -0.15) is 0 Å². The second-order valence-electron chi connectivity index (χ2n) is 6.16. The molecule has 0 aliphatic heterocycles. The smallest absolute Gasteiger partial charge is 0.244 e. The fraction of sp³-hybridized carbons (Fsp3) is 0.174. The van der Waals surface area contributed by atoms with Crippen molar-refractivity contribution in [2.75, 3.05) is 21.3 Å². The molecule has 0 saturated heterocycles. The Bertz CT molecular complexity index is 1010. The molecule has 144 valence electrons. The Morgan fingerprint density at radius 1 is 0.893 bits per heavy atom. The number of carbonyl (C=O) groups excluding carboxylic acids is 1. The number of ether oxygens (including phenoxy) is 3. The van der Waals surface area contributed by atoms with Crippen molar-refractivity contribution in [3.63, 3.8) is 0 Å². The van der Waals surface area contributed by atoms with Crippen molar-refractivity contribution < 1.29 is 19.0 Å². The molecule has 0 saturated carbocycles. The number of benzene rings is 3. The van der Waals surface area contributed by atoms with E-state index >= 15 is 0 Å². The normalized spacial score (nSPS) is 10.8. The first kappa shape index (κ1) is 19.3. The zero-order chi connectivity index (χ0) is 19.9. The maximum atomic E-state index is 12.2. The van der Waals surface area contributed by atoms with E-state index in [2.05, 4.69) is 29.6 Å². The average Bonchev–Trinajstić information content (AvgIpc) is 2.75. The molecule has 3 aromatic rings. The van der Waals surface area contributed by atoms with Crippen LogP contribution in [0.15, 0.2) is 60.7 Å². The lowest BCUT2D eigenvalue weighted by atomic mass is 10.1. The maximum absolute atomic E-state index is 12.2. The van der Waals surface area contributed by atoms with Gasteiger partial charge < -0.3 is 19.5 Å². The number of hydrogen-bond acceptors (Lipinski definition) is 4. The summed E-state index contributed by atoms with van der Waals surface area (Å²) in [4.78, 5) is 12.2. The van der Waals surface area contributed by atoms with E-state index in [1.165, 1.54) is 11.5 Å². The van der Waals surface area contributed by atoms with E-state index in [1.54, 1.807) is 33.5 Å². The van der Waals surface area contributed by atoms with Crippen molar-refractivity contribution in [2.24, 2.45) is 0 Å². The van der Waals surface area contributed by atoms with Crippen LogP contribution in [-0.4, -0.2) is 27.2 Å². The summed E-state index contributed by atoms with van der Waals surface area (Å²) >= 11 is 0. The SMILES string of the molecule is COc1ccc(/C=C/C(=O)NCc2ccc3ccccc3c2)c(OC)c1OC. The third kappa shape index (κ3) is 4.26. The molecule has 3 rings (SSSR count). The number of methoxy groups -OCH3 is 3. The lowest BCUT2D eigenvalue weighted by molar-refractivity contribution is -0.116. The highest BCUT2D eigenvalue weighted by Crippen LogP contribution is 2.40. The summed E-state index contributed by atoms with van der Waals surface area (Å²) in [6.07, 6.45) is 3.17. The summed E-state index contributed by atoms with van der Waals surface area (Å²) in [6.45, 7) is 0.455. The quantitative estimate of drug-likeness (QED) is 0.627. The van der Waals surface area contributed by atoms with Gasteiger partial charge in [-0.05, 0) is 40.6 Å². The number of fused-ring (bicyclic) bond motifs is 1. The van der Waals surface area contributed by atoms with Gasteiger partial charge in [-0.3, -0.25) is 4.79 Å². The van der Waals surface area contributed by atoms with E-state index in [1.807, 2.05) is 24.3 Å². The van der Waals surface area contributed by atoms with E-state index in [4.69, 9.17) is 14.2 Å². The highest BCUT2D eigenvalue weighted by molar-refractivity contribution is 5.92. The minimum atomic E-state index is -0.190. The first-order valence-electron chi connectivity index (χ1n) is 8.89. The first-order chi connectivity index (χ1) is 13.7. The topological polar surface area (TPSA) is 56.8 Å². The molecule has 0 fully saturated rings. The van der Waals surface area contributed by atoms with Crippen LogP contribution in [0.3, 0.4) is 0 Å². The molecular weight excluding hydrogens is 354 g/mol. The molecule has 3 aromatic carbocycles. The average molecular weight is 377 g/mol. The maximum Gasteiger partial charge on any atom is 0.244 e. The molecule has 0 spiro atoms. The van der Waals surface area contributed by atoms with Crippen molar-refractivity contribution in [1.82, 2.24) is 5.32 Å². The van der Waals surface area contributed by atoms with Gasteiger partial charge >= 0.3 is 0 Å². The second kappa shape index (κ2) is 8.95. The van der Waals surface area contributed by atoms with Gasteiger partial charge in [0.15, 0.2) is 11.5 Å². The van der Waals surface area contributed by atoms with Gasteiger partial charge in [0.1, 0.15) is 0 Å². The number of amides is 1. The molecule has 0 aromatic heterocycles. The molecule has 5 nitrogen and oxygen atoms in total. The van der Waals surface area contributed by atoms with Crippen molar-refractivity contribution in [3.05, 3.63) is 71.8 Å². The van der Waals surface area contributed by atoms with Crippen LogP contribution in [-0.2, 0) is 11.3 Å². The third-order valence-corrected chi connectivity index (χ3v) is 4.43. The fourth-order valence-corrected chi connectivity index (χ4v) is 3.02. The van der Waals surface area contributed by atoms with E-state index in [0.29, 0.717) is 23.8 Å². The van der Waals surface area contributed by atoms with Crippen molar-refractivity contribution in [1.29, 1.82) is 0 Å². The third-order valence-electron chi connectivity index (χ3n) is 4.43. The fourth-order valence-electron chi connectivity index (χ4n) is 3.02. The van der Waals surface area contributed by atoms with Crippen molar-refractivity contribution in [2.45, 2.75) is 6.54 Å². The van der Waals surface area contributed by atoms with Gasteiger partial charge in [-0.25, -0.2) is 0 Å². The molecule has 0 aliphatic rings. The summed E-state index contributed by atoms with van der Waals surface area (Å²) in [5, 5.41) is 5.23. The Morgan fingerprint density at radius 2 is 1.64 bits per heavy atom. The summed E-state index contributed by atoms with van der Waals surface area (Å²) in [5.74, 6) is 1.38. The van der Waals surface area contributed by atoms with Crippen LogP contribution in [0, 0.1) is 0 Å². The first-order valence-corrected chi connectivity index (χ1v) is 8.89. The Labute approximate surface area is 164 Å². The summed E-state index contributed by atoms with van der Waals surface area (Å²) in [7, 11) is 4.66. The summed E-state index contributed by atoms with van der Waals surface area (Å²) in [6, 6.07) is 17.9. The lowest BCUT2D eigenvalue weighted by Crippen LogP contribution is -2.20. The molecule has 0 unspecified atom stereocenters. The van der Waals surface area contributed by atoms with E-state index < -0.39 is 0 Å². The van der Waals surface area contributed by atoms with Gasteiger partial charge in [0.05, 0.1) is 21.3 Å². The molecule has 1 amide bonds. The zero-order valence-corrected chi connectivity index (χ0v) is 16.2. The highest BCUT2D eigenvalue weighted by atomic mass is 16.5. The summed E-state index contributed by atoms with van der Waals surface area (Å²) in [5.41, 5.74) is 1.77. The number of carbonyl (C=O) groups is 1. The van der Waals surface area contributed by atoms with Crippen LogP contribution in [0.2, 0.25) is 0 Å². The molecule has 0 atom stereocenters. The highest BCUT2D eigenvalue weighted by Gasteiger charge is 2.14. The molecule has 0 heterocycles. The van der Waals surface area contributed by atoms with Gasteiger partial charge in [0.25, 0.3) is 0 Å². The lowest BCUT2D eigenvalue weighted by Gasteiger charge is -2.14. The Morgan fingerprint density at radius 3 is 2.36 bits per heavy atom. The largest absolute Gasteiger partial charge is 0.493 e. The number of nitrogens with one attached hydrogen (secondary N) is 1. The summed E-state index contributed by atoms with van der Waals surface area (Å²) < 4.78 is 16.1. The van der Waals surface area contributed by atoms with Gasteiger partial charge in [0, 0.05) is 18.2 Å². The molecule has 5 heteroatoms. The number of hydrogen-bond donors (Lipinski definition) is 1. The van der Waals surface area contributed by atoms with Crippen molar-refractivity contribution >= 4 is 22.8 Å². The van der Waals surface area contributed by atoms with E-state index in [9.17, 15) is 4.79 Å². The van der Waals surface area contributed by atoms with Crippen LogP contribution in [0.1, 0.15) is 11.1 Å². The Balaban J connectivity index is 1.69. The molecule has 28 heavy (non-hydrogen) atoms. The predicted octanol–water partition coefficient (Wildman–Crippen LogP) is 4.20. The zero-order valence-electron chi connectivity index (χ0n) is 16.2. The van der Waals surface area contributed by atoms with Crippen molar-refractivity contribution in [3.8, 4) is 17.2 Å². The van der Waals surface area contributed by atoms with Gasteiger partial charge in [-0.15, -0.1) is 0 Å². The van der Waals surface area contributed by atoms with Crippen LogP contribution in [0.5, 0.6) is 17.2 Å². The second-order valence-corrected chi connectivity index (χ2v) is 6.16. The van der Waals surface area contributed by atoms with Crippen LogP contribution in [0.4, 0.5) is 0 Å². The van der Waals surface area contributed by atoms with Gasteiger partial charge in [-0.1, -0.05) is 36.4 Å². The van der Waals surface area contributed by atoms with Gasteiger partial charge in [0.2, 0.25) is 11.7 Å². The molecule has 0 radical (unpaired) electrons. The monoisotopic (exact) mass is 377 g/mol. The molecular formula is C23H23NO4. The molecule has 0 aliphatic carbocycles. The minimum absolute atomic E-state index is 0.190. The molecule has 1 N–H and O–H groups in total. The molecule has 0 bridgehead atoms. The Kier molecular flexibility index (Phi) is 6.17. The Hall–Kier alpha value is -3.47.